The lowest BCUT2D eigenvalue weighted by Crippen LogP contribution is -2.43. The second-order valence-electron chi connectivity index (χ2n) is 4.27. The highest BCUT2D eigenvalue weighted by Crippen LogP contribution is 2.15. The quantitative estimate of drug-likeness (QED) is 0.804. The van der Waals surface area contributed by atoms with Crippen LogP contribution in [0.4, 0.5) is 0 Å². The van der Waals surface area contributed by atoms with Gasteiger partial charge < -0.3 is 10.4 Å². The van der Waals surface area contributed by atoms with Gasteiger partial charge in [0.15, 0.2) is 0 Å². The van der Waals surface area contributed by atoms with Crippen LogP contribution in [0.1, 0.15) is 30.5 Å². The zero-order chi connectivity index (χ0) is 10.8. The summed E-state index contributed by atoms with van der Waals surface area (Å²) in [6.45, 7) is 8.59. The number of aryl methyl sites for hydroxylation is 1. The van der Waals surface area contributed by atoms with E-state index in [-0.39, 0.29) is 6.04 Å². The van der Waals surface area contributed by atoms with Crippen LogP contribution < -0.4 is 5.32 Å². The maximum absolute atomic E-state index is 9.71. The lowest BCUT2D eigenvalue weighted by atomic mass is 10.0. The molecule has 1 heterocycles. The first-order valence-corrected chi connectivity index (χ1v) is 5.72. The van der Waals surface area contributed by atoms with Gasteiger partial charge in [0.25, 0.3) is 0 Å². The van der Waals surface area contributed by atoms with Crippen molar-refractivity contribution in [2.75, 3.05) is 0 Å². The predicted molar refractivity (Wildman–Crippen MR) is 61.7 cm³/mol. The molecule has 2 nitrogen and oxygen atoms in total. The average Bonchev–Trinajstić information content (AvgIpc) is 2.45. The van der Waals surface area contributed by atoms with Crippen molar-refractivity contribution in [3.05, 3.63) is 21.9 Å². The van der Waals surface area contributed by atoms with Crippen molar-refractivity contribution < 1.29 is 5.11 Å². The number of hydrogen-bond donors (Lipinski definition) is 2. The Labute approximate surface area is 90.0 Å². The summed E-state index contributed by atoms with van der Waals surface area (Å²) in [5.74, 6) is 0. The third kappa shape index (κ3) is 3.40. The van der Waals surface area contributed by atoms with Gasteiger partial charge in [-0.15, -0.1) is 11.3 Å². The monoisotopic (exact) mass is 213 g/mol. The Morgan fingerprint density at radius 3 is 2.57 bits per heavy atom. The summed E-state index contributed by atoms with van der Waals surface area (Å²) < 4.78 is 0. The molecule has 0 amide bonds. The van der Waals surface area contributed by atoms with Crippen molar-refractivity contribution in [2.45, 2.75) is 45.9 Å². The van der Waals surface area contributed by atoms with Crippen molar-refractivity contribution in [1.82, 2.24) is 5.32 Å². The van der Waals surface area contributed by atoms with Crippen LogP contribution in [0, 0.1) is 6.92 Å². The molecule has 80 valence electrons. The van der Waals surface area contributed by atoms with Crippen LogP contribution in [0.5, 0.6) is 0 Å². The van der Waals surface area contributed by atoms with E-state index < -0.39 is 5.60 Å². The molecule has 1 atom stereocenters. The van der Waals surface area contributed by atoms with E-state index in [9.17, 15) is 5.11 Å². The Morgan fingerprint density at radius 1 is 1.50 bits per heavy atom. The highest BCUT2D eigenvalue weighted by atomic mass is 32.1. The smallest absolute Gasteiger partial charge is 0.0741 e. The van der Waals surface area contributed by atoms with E-state index in [1.54, 1.807) is 11.3 Å². The summed E-state index contributed by atoms with van der Waals surface area (Å²) >= 11 is 1.80. The average molecular weight is 213 g/mol. The van der Waals surface area contributed by atoms with Crippen LogP contribution >= 0.6 is 11.3 Å². The van der Waals surface area contributed by atoms with Crippen molar-refractivity contribution in [3.63, 3.8) is 0 Å². The van der Waals surface area contributed by atoms with Gasteiger partial charge in [-0.3, -0.25) is 0 Å². The molecule has 0 aliphatic carbocycles. The summed E-state index contributed by atoms with van der Waals surface area (Å²) in [6, 6.07) is 4.35. The first-order valence-electron chi connectivity index (χ1n) is 4.90. The second-order valence-corrected chi connectivity index (χ2v) is 5.64. The van der Waals surface area contributed by atoms with E-state index in [0.29, 0.717) is 0 Å². The summed E-state index contributed by atoms with van der Waals surface area (Å²) in [6.07, 6.45) is 0. The number of nitrogens with one attached hydrogen (secondary N) is 1. The summed E-state index contributed by atoms with van der Waals surface area (Å²) in [7, 11) is 0. The fourth-order valence-electron chi connectivity index (χ4n) is 1.08. The molecule has 2 N–H and O–H groups in total. The van der Waals surface area contributed by atoms with Gasteiger partial charge in [0.1, 0.15) is 0 Å². The van der Waals surface area contributed by atoms with E-state index in [2.05, 4.69) is 24.4 Å². The third-order valence-electron chi connectivity index (χ3n) is 2.44. The normalized spacial score (nSPS) is 14.4. The highest BCUT2D eigenvalue weighted by molar-refractivity contribution is 7.11. The first-order chi connectivity index (χ1) is 6.39. The van der Waals surface area contributed by atoms with E-state index in [1.807, 2.05) is 20.8 Å². The van der Waals surface area contributed by atoms with Crippen LogP contribution in [-0.4, -0.2) is 16.7 Å². The van der Waals surface area contributed by atoms with Gasteiger partial charge in [0.05, 0.1) is 5.60 Å². The van der Waals surface area contributed by atoms with Crippen molar-refractivity contribution >= 4 is 11.3 Å². The largest absolute Gasteiger partial charge is 0.389 e. The maximum Gasteiger partial charge on any atom is 0.0741 e. The molecule has 1 aromatic rings. The van der Waals surface area contributed by atoms with Gasteiger partial charge in [0.2, 0.25) is 0 Å². The van der Waals surface area contributed by atoms with Crippen LogP contribution in [0.2, 0.25) is 0 Å². The molecule has 0 bridgehead atoms. The fourth-order valence-corrected chi connectivity index (χ4v) is 1.92. The van der Waals surface area contributed by atoms with E-state index >= 15 is 0 Å². The maximum atomic E-state index is 9.71. The lowest BCUT2D eigenvalue weighted by Gasteiger charge is -2.26. The van der Waals surface area contributed by atoms with Gasteiger partial charge >= 0.3 is 0 Å². The molecule has 0 radical (unpaired) electrons. The van der Waals surface area contributed by atoms with Gasteiger partial charge in [-0.1, -0.05) is 0 Å². The molecule has 1 rings (SSSR count). The van der Waals surface area contributed by atoms with Crippen LogP contribution in [-0.2, 0) is 6.54 Å². The predicted octanol–water partition coefficient (Wildman–Crippen LogP) is 2.31. The highest BCUT2D eigenvalue weighted by Gasteiger charge is 2.21. The van der Waals surface area contributed by atoms with Crippen LogP contribution in [0.25, 0.3) is 0 Å². The molecule has 3 heteroatoms. The Morgan fingerprint density at radius 2 is 2.14 bits per heavy atom. The topological polar surface area (TPSA) is 32.3 Å². The molecule has 14 heavy (non-hydrogen) atoms. The Kier molecular flexibility index (Phi) is 3.70. The minimum absolute atomic E-state index is 0.102. The standard InChI is InChI=1S/C11H19NOS/c1-8-5-6-10(14-8)7-12-9(2)11(3,4)13/h5-6,9,12-13H,7H2,1-4H3. The molecule has 0 aliphatic heterocycles. The SMILES string of the molecule is Cc1ccc(CNC(C)C(C)(C)O)s1. The van der Waals surface area contributed by atoms with Gasteiger partial charge in [-0.05, 0) is 39.8 Å². The first kappa shape index (κ1) is 11.7. The number of aliphatic hydroxyl groups is 1. The van der Waals surface area contributed by atoms with Crippen molar-refractivity contribution in [1.29, 1.82) is 0 Å². The van der Waals surface area contributed by atoms with E-state index in [0.717, 1.165) is 6.54 Å². The summed E-state index contributed by atoms with van der Waals surface area (Å²) in [5, 5.41) is 13.0. The van der Waals surface area contributed by atoms with Gasteiger partial charge in [-0.25, -0.2) is 0 Å². The van der Waals surface area contributed by atoms with Crippen molar-refractivity contribution in [2.24, 2.45) is 0 Å². The molecule has 0 aromatic carbocycles. The lowest BCUT2D eigenvalue weighted by molar-refractivity contribution is 0.0438. The zero-order valence-corrected chi connectivity index (χ0v) is 10.1. The third-order valence-corrected chi connectivity index (χ3v) is 3.44. The summed E-state index contributed by atoms with van der Waals surface area (Å²) in [4.78, 5) is 2.65. The molecule has 0 aliphatic rings. The zero-order valence-electron chi connectivity index (χ0n) is 9.29. The fraction of sp³-hybridized carbons (Fsp3) is 0.636. The second kappa shape index (κ2) is 4.43. The number of thiophene rings is 1. The Balaban J connectivity index is 2.41. The molecule has 0 spiro atoms. The molecular formula is C11H19NOS. The molecule has 0 saturated heterocycles. The van der Waals surface area contributed by atoms with E-state index in [1.165, 1.54) is 9.75 Å². The molecular weight excluding hydrogens is 194 g/mol. The minimum Gasteiger partial charge on any atom is -0.389 e. The van der Waals surface area contributed by atoms with Gasteiger partial charge in [-0.2, -0.15) is 0 Å². The van der Waals surface area contributed by atoms with Gasteiger partial charge in [0, 0.05) is 22.3 Å². The van der Waals surface area contributed by atoms with Crippen molar-refractivity contribution in [3.8, 4) is 0 Å². The minimum atomic E-state index is -0.660. The van der Waals surface area contributed by atoms with Crippen LogP contribution in [0.3, 0.4) is 0 Å². The van der Waals surface area contributed by atoms with Crippen LogP contribution in [0.15, 0.2) is 12.1 Å². The summed E-state index contributed by atoms with van der Waals surface area (Å²) in [5.41, 5.74) is -0.660. The van der Waals surface area contributed by atoms with E-state index in [4.69, 9.17) is 0 Å². The molecule has 1 aromatic heterocycles. The molecule has 1 unspecified atom stereocenters. The molecule has 0 saturated carbocycles. The Bertz CT molecular complexity index is 288. The molecule has 0 fully saturated rings. The number of hydrogen-bond acceptors (Lipinski definition) is 3. The Hall–Kier alpha value is -0.380. The number of rotatable bonds is 4.